The molecule has 10 heteroatoms. The molecule has 0 aromatic rings. The summed E-state index contributed by atoms with van der Waals surface area (Å²) in [6, 6.07) is -0.176. The summed E-state index contributed by atoms with van der Waals surface area (Å²) in [4.78, 5) is 19.8. The fraction of sp³-hybridized carbons (Fsp3) is 0.952. The summed E-state index contributed by atoms with van der Waals surface area (Å²) < 4.78 is 0. The summed E-state index contributed by atoms with van der Waals surface area (Å²) in [5.74, 6) is 0.0655. The fourth-order valence-corrected chi connectivity index (χ4v) is 3.51. The second-order valence-corrected chi connectivity index (χ2v) is 8.31. The van der Waals surface area contributed by atoms with Crippen LogP contribution in [0.25, 0.3) is 0 Å². The Morgan fingerprint density at radius 1 is 0.774 bits per heavy atom. The zero-order valence-corrected chi connectivity index (χ0v) is 20.2. The van der Waals surface area contributed by atoms with Crippen molar-refractivity contribution in [3.05, 3.63) is 0 Å². The Kier molecular flexibility index (Phi) is 20.4. The normalized spacial score (nSPS) is 12.8. The van der Waals surface area contributed by atoms with Gasteiger partial charge in [-0.05, 0) is 98.4 Å². The van der Waals surface area contributed by atoms with E-state index in [-0.39, 0.29) is 11.9 Å². The lowest BCUT2D eigenvalue weighted by Crippen LogP contribution is -2.50. The molecule has 1 unspecified atom stereocenters. The highest BCUT2D eigenvalue weighted by atomic mass is 16.2. The van der Waals surface area contributed by atoms with Crippen LogP contribution < -0.4 is 33.6 Å². The summed E-state index contributed by atoms with van der Waals surface area (Å²) in [6.07, 6.45) is 5.44. The zero-order valence-electron chi connectivity index (χ0n) is 20.2. The molecule has 0 rings (SSSR count). The molecule has 10 N–H and O–H groups in total. The molecule has 0 saturated heterocycles. The van der Waals surface area contributed by atoms with Crippen LogP contribution in [0.1, 0.15) is 38.5 Å². The smallest absolute Gasteiger partial charge is 0.238 e. The van der Waals surface area contributed by atoms with Crippen LogP contribution in [0.2, 0.25) is 0 Å². The molecule has 0 aliphatic rings. The quantitative estimate of drug-likeness (QED) is 0.0846. The molecular weight excluding hydrogens is 394 g/mol. The number of rotatable bonds is 22. The van der Waals surface area contributed by atoms with Gasteiger partial charge >= 0.3 is 0 Å². The number of carbonyl (C=O) groups excluding carboxylic acids is 1. The SMILES string of the molecule is CN(C)CNCNC(=O)C(CCCN(CCCN)CCCN)N(CCCN)CCCN. The molecule has 0 saturated carbocycles. The van der Waals surface area contributed by atoms with Gasteiger partial charge < -0.3 is 33.2 Å². The first-order chi connectivity index (χ1) is 15.0. The van der Waals surface area contributed by atoms with Crippen LogP contribution in [0, 0.1) is 0 Å². The molecule has 0 fully saturated rings. The van der Waals surface area contributed by atoms with Crippen LogP contribution in [0.4, 0.5) is 0 Å². The largest absolute Gasteiger partial charge is 0.342 e. The van der Waals surface area contributed by atoms with Crippen molar-refractivity contribution in [1.29, 1.82) is 0 Å². The Hall–Kier alpha value is -0.850. The lowest BCUT2D eigenvalue weighted by molar-refractivity contribution is -0.127. The summed E-state index contributed by atoms with van der Waals surface area (Å²) in [5.41, 5.74) is 22.9. The number of hydrogen-bond donors (Lipinski definition) is 6. The Morgan fingerprint density at radius 3 is 1.74 bits per heavy atom. The Labute approximate surface area is 190 Å². The third kappa shape index (κ3) is 16.4. The summed E-state index contributed by atoms with van der Waals surface area (Å²) >= 11 is 0. The third-order valence-corrected chi connectivity index (χ3v) is 5.17. The van der Waals surface area contributed by atoms with E-state index >= 15 is 0 Å². The maximum absolute atomic E-state index is 13.1. The molecule has 0 aliphatic heterocycles. The van der Waals surface area contributed by atoms with Crippen molar-refractivity contribution < 1.29 is 4.79 Å². The predicted molar refractivity (Wildman–Crippen MR) is 130 cm³/mol. The first kappa shape index (κ1) is 30.1. The molecule has 0 radical (unpaired) electrons. The zero-order chi connectivity index (χ0) is 23.3. The number of nitrogens with zero attached hydrogens (tertiary/aromatic N) is 3. The van der Waals surface area contributed by atoms with Crippen molar-refractivity contribution >= 4 is 5.91 Å². The van der Waals surface area contributed by atoms with E-state index in [0.717, 1.165) is 71.2 Å². The highest BCUT2D eigenvalue weighted by molar-refractivity contribution is 5.81. The van der Waals surface area contributed by atoms with E-state index in [1.165, 1.54) is 0 Å². The minimum absolute atomic E-state index is 0.0655. The standard InChI is InChI=1S/C21H51N9O/c1-28(2)19-26-18-27-21(31)20(30(16-6-11-24)17-7-12-25)8-3-13-29(14-4-9-22)15-5-10-23/h20,26H,3-19,22-25H2,1-2H3,(H,27,31). The number of hydrogen-bond acceptors (Lipinski definition) is 9. The van der Waals surface area contributed by atoms with Gasteiger partial charge in [0, 0.05) is 19.8 Å². The summed E-state index contributed by atoms with van der Waals surface area (Å²) in [5, 5.41) is 6.27. The van der Waals surface area contributed by atoms with Crippen LogP contribution in [0.3, 0.4) is 0 Å². The molecule has 0 spiro atoms. The summed E-state index contributed by atoms with van der Waals surface area (Å²) in [7, 11) is 3.97. The van der Waals surface area contributed by atoms with E-state index in [9.17, 15) is 4.79 Å². The van der Waals surface area contributed by atoms with Gasteiger partial charge in [-0.1, -0.05) is 0 Å². The predicted octanol–water partition coefficient (Wildman–Crippen LogP) is -1.68. The van der Waals surface area contributed by atoms with Crippen molar-refractivity contribution in [2.45, 2.75) is 44.6 Å². The van der Waals surface area contributed by atoms with Crippen molar-refractivity contribution in [1.82, 2.24) is 25.3 Å². The van der Waals surface area contributed by atoms with Crippen molar-refractivity contribution in [3.8, 4) is 0 Å². The van der Waals surface area contributed by atoms with Crippen molar-refractivity contribution in [2.24, 2.45) is 22.9 Å². The van der Waals surface area contributed by atoms with Crippen LogP contribution >= 0.6 is 0 Å². The lowest BCUT2D eigenvalue weighted by Gasteiger charge is -2.32. The maximum atomic E-state index is 13.1. The topological polar surface area (TPSA) is 155 Å². The highest BCUT2D eigenvalue weighted by Crippen LogP contribution is 2.11. The van der Waals surface area contributed by atoms with Crippen LogP contribution in [0.15, 0.2) is 0 Å². The van der Waals surface area contributed by atoms with E-state index in [0.29, 0.717) is 39.5 Å². The van der Waals surface area contributed by atoms with Gasteiger partial charge in [-0.3, -0.25) is 19.9 Å². The van der Waals surface area contributed by atoms with Gasteiger partial charge in [0.1, 0.15) is 0 Å². The highest BCUT2D eigenvalue weighted by Gasteiger charge is 2.25. The monoisotopic (exact) mass is 445 g/mol. The molecule has 1 amide bonds. The third-order valence-electron chi connectivity index (χ3n) is 5.17. The second kappa shape index (κ2) is 21.0. The average molecular weight is 446 g/mol. The van der Waals surface area contributed by atoms with Crippen molar-refractivity contribution in [2.75, 3.05) is 86.3 Å². The number of nitrogens with two attached hydrogens (primary N) is 4. The molecule has 0 aliphatic carbocycles. The minimum Gasteiger partial charge on any atom is -0.342 e. The van der Waals surface area contributed by atoms with Gasteiger partial charge in [0.05, 0.1) is 12.7 Å². The molecule has 10 nitrogen and oxygen atoms in total. The van der Waals surface area contributed by atoms with Crippen LogP contribution in [-0.2, 0) is 4.79 Å². The Balaban J connectivity index is 4.96. The average Bonchev–Trinajstić information content (AvgIpc) is 2.76. The van der Waals surface area contributed by atoms with Gasteiger partial charge in [0.2, 0.25) is 5.91 Å². The number of carbonyl (C=O) groups is 1. The fourth-order valence-electron chi connectivity index (χ4n) is 3.51. The van der Waals surface area contributed by atoms with Crippen LogP contribution in [0.5, 0.6) is 0 Å². The lowest BCUT2D eigenvalue weighted by atomic mass is 10.1. The van der Waals surface area contributed by atoms with Gasteiger partial charge in [-0.2, -0.15) is 0 Å². The molecule has 0 bridgehead atoms. The molecular formula is C21H51N9O. The molecule has 0 aromatic heterocycles. The molecule has 0 heterocycles. The van der Waals surface area contributed by atoms with Crippen LogP contribution in [-0.4, -0.2) is 113 Å². The first-order valence-corrected chi connectivity index (χ1v) is 11.9. The molecule has 31 heavy (non-hydrogen) atoms. The summed E-state index contributed by atoms with van der Waals surface area (Å²) in [6.45, 7) is 8.30. The molecule has 0 aromatic carbocycles. The van der Waals surface area contributed by atoms with E-state index in [4.69, 9.17) is 22.9 Å². The second-order valence-electron chi connectivity index (χ2n) is 8.31. The number of amides is 1. The van der Waals surface area contributed by atoms with E-state index in [1.54, 1.807) is 0 Å². The van der Waals surface area contributed by atoms with Gasteiger partial charge in [0.15, 0.2) is 0 Å². The Morgan fingerprint density at radius 2 is 1.26 bits per heavy atom. The maximum Gasteiger partial charge on any atom is 0.238 e. The molecule has 1 atom stereocenters. The van der Waals surface area contributed by atoms with Crippen molar-refractivity contribution in [3.63, 3.8) is 0 Å². The van der Waals surface area contributed by atoms with E-state index < -0.39 is 0 Å². The first-order valence-electron chi connectivity index (χ1n) is 11.9. The Bertz CT molecular complexity index is 396. The van der Waals surface area contributed by atoms with Gasteiger partial charge in [0.25, 0.3) is 0 Å². The molecule has 186 valence electrons. The number of nitrogens with one attached hydrogen (secondary N) is 2. The van der Waals surface area contributed by atoms with Gasteiger partial charge in [-0.15, -0.1) is 0 Å². The van der Waals surface area contributed by atoms with Gasteiger partial charge in [-0.25, -0.2) is 0 Å². The minimum atomic E-state index is -0.176. The van der Waals surface area contributed by atoms with E-state index in [1.807, 2.05) is 19.0 Å². The van der Waals surface area contributed by atoms with E-state index in [2.05, 4.69) is 20.4 Å².